The Morgan fingerprint density at radius 1 is 1.09 bits per heavy atom. The van der Waals surface area contributed by atoms with Crippen LogP contribution in [0.25, 0.3) is 0 Å². The van der Waals surface area contributed by atoms with Gasteiger partial charge in [-0.1, -0.05) is 48.5 Å². The summed E-state index contributed by atoms with van der Waals surface area (Å²) in [5.74, 6) is 0.148. The number of para-hydroxylation sites is 1. The van der Waals surface area contributed by atoms with E-state index in [1.54, 1.807) is 0 Å². The van der Waals surface area contributed by atoms with Gasteiger partial charge in [-0.05, 0) is 24.0 Å². The summed E-state index contributed by atoms with van der Waals surface area (Å²) in [6, 6.07) is 16.4. The van der Waals surface area contributed by atoms with E-state index in [-0.39, 0.29) is 5.91 Å². The van der Waals surface area contributed by atoms with Gasteiger partial charge >= 0.3 is 0 Å². The molecule has 0 aromatic heterocycles. The summed E-state index contributed by atoms with van der Waals surface area (Å²) in [5.41, 5.74) is 8.03. The first-order chi connectivity index (χ1) is 11.3. The van der Waals surface area contributed by atoms with E-state index >= 15 is 0 Å². The number of rotatable bonds is 1. The van der Waals surface area contributed by atoms with Crippen molar-refractivity contribution < 1.29 is 4.79 Å². The van der Waals surface area contributed by atoms with Crippen molar-refractivity contribution in [3.05, 3.63) is 65.2 Å². The first-order valence-electron chi connectivity index (χ1n) is 8.13. The number of hydrogen-bond acceptors (Lipinski definition) is 3. The van der Waals surface area contributed by atoms with Crippen LogP contribution in [0.5, 0.6) is 0 Å². The molecule has 114 valence electrons. The van der Waals surface area contributed by atoms with Gasteiger partial charge < -0.3 is 4.90 Å². The van der Waals surface area contributed by atoms with Gasteiger partial charge in [-0.25, -0.2) is 0 Å². The number of benzene rings is 2. The van der Waals surface area contributed by atoms with E-state index in [0.29, 0.717) is 6.42 Å². The summed E-state index contributed by atoms with van der Waals surface area (Å²) in [6.45, 7) is 0.812. The third-order valence-electron chi connectivity index (χ3n) is 5.21. The summed E-state index contributed by atoms with van der Waals surface area (Å²) in [5, 5.41) is 4.53. The molecule has 3 heterocycles. The van der Waals surface area contributed by atoms with Crippen molar-refractivity contribution in [1.29, 1.82) is 0 Å². The highest BCUT2D eigenvalue weighted by Gasteiger charge is 2.55. The average Bonchev–Trinajstić information content (AvgIpc) is 3.15. The first kappa shape index (κ1) is 12.9. The lowest BCUT2D eigenvalue weighted by Crippen LogP contribution is -2.47. The second kappa shape index (κ2) is 4.44. The number of nitrogens with one attached hydrogen (secondary N) is 1. The van der Waals surface area contributed by atoms with E-state index < -0.39 is 5.54 Å². The third-order valence-corrected chi connectivity index (χ3v) is 5.21. The molecule has 1 N–H and O–H groups in total. The molecule has 3 aliphatic heterocycles. The normalized spacial score (nSPS) is 24.6. The van der Waals surface area contributed by atoms with E-state index in [0.717, 1.165) is 41.9 Å². The SMILES string of the molecule is O=C1N2CCCc3cccc(c32)C12CC(c1ccccc1)=NN2. The van der Waals surface area contributed by atoms with E-state index in [9.17, 15) is 4.79 Å². The molecule has 1 amide bonds. The van der Waals surface area contributed by atoms with Crippen LogP contribution in [-0.4, -0.2) is 18.2 Å². The summed E-state index contributed by atoms with van der Waals surface area (Å²) < 4.78 is 0. The molecular formula is C19H17N3O. The van der Waals surface area contributed by atoms with Crippen molar-refractivity contribution in [2.24, 2.45) is 5.10 Å². The van der Waals surface area contributed by atoms with Crippen LogP contribution in [0.2, 0.25) is 0 Å². The Hall–Kier alpha value is -2.62. The number of aryl methyl sites for hydroxylation is 1. The van der Waals surface area contributed by atoms with Crippen molar-refractivity contribution >= 4 is 17.3 Å². The zero-order valence-electron chi connectivity index (χ0n) is 12.7. The molecule has 3 aliphatic rings. The number of carbonyl (C=O) groups is 1. The molecule has 0 bridgehead atoms. The van der Waals surface area contributed by atoms with Gasteiger partial charge in [0.2, 0.25) is 0 Å². The van der Waals surface area contributed by atoms with Gasteiger partial charge in [0.25, 0.3) is 5.91 Å². The van der Waals surface area contributed by atoms with Gasteiger partial charge in [0, 0.05) is 18.5 Å². The first-order valence-corrected chi connectivity index (χ1v) is 8.13. The Labute approximate surface area is 134 Å². The smallest absolute Gasteiger partial charge is 0.259 e. The fourth-order valence-corrected chi connectivity index (χ4v) is 4.11. The lowest BCUT2D eigenvalue weighted by molar-refractivity contribution is -0.123. The molecule has 4 nitrogen and oxygen atoms in total. The molecular weight excluding hydrogens is 286 g/mol. The van der Waals surface area contributed by atoms with Crippen LogP contribution in [0.1, 0.15) is 29.5 Å². The maximum atomic E-state index is 13.2. The molecule has 23 heavy (non-hydrogen) atoms. The summed E-state index contributed by atoms with van der Waals surface area (Å²) in [7, 11) is 0. The number of carbonyl (C=O) groups excluding carboxylic acids is 1. The number of hydrogen-bond donors (Lipinski definition) is 1. The van der Waals surface area contributed by atoms with E-state index in [4.69, 9.17) is 0 Å². The van der Waals surface area contributed by atoms with Crippen LogP contribution >= 0.6 is 0 Å². The van der Waals surface area contributed by atoms with Crippen LogP contribution in [0.15, 0.2) is 53.6 Å². The highest BCUT2D eigenvalue weighted by Crippen LogP contribution is 2.48. The number of anilines is 1. The second-order valence-corrected chi connectivity index (χ2v) is 6.49. The maximum absolute atomic E-state index is 13.2. The lowest BCUT2D eigenvalue weighted by atomic mass is 9.85. The molecule has 1 spiro atoms. The second-order valence-electron chi connectivity index (χ2n) is 6.49. The minimum absolute atomic E-state index is 0.148. The van der Waals surface area contributed by atoms with Crippen LogP contribution in [0.4, 0.5) is 5.69 Å². The summed E-state index contributed by atoms with van der Waals surface area (Å²) in [4.78, 5) is 15.1. The average molecular weight is 303 g/mol. The molecule has 0 radical (unpaired) electrons. The van der Waals surface area contributed by atoms with Crippen molar-refractivity contribution in [2.45, 2.75) is 24.8 Å². The number of nitrogens with zero attached hydrogens (tertiary/aromatic N) is 2. The zero-order chi connectivity index (χ0) is 15.4. The third kappa shape index (κ3) is 1.61. The Bertz CT molecular complexity index is 843. The summed E-state index contributed by atoms with van der Waals surface area (Å²) in [6.07, 6.45) is 2.70. The van der Waals surface area contributed by atoms with E-state index in [1.165, 1.54) is 5.56 Å². The van der Waals surface area contributed by atoms with Gasteiger partial charge in [0.1, 0.15) is 0 Å². The highest BCUT2D eigenvalue weighted by atomic mass is 16.2. The van der Waals surface area contributed by atoms with Crippen molar-refractivity contribution in [3.63, 3.8) is 0 Å². The molecule has 2 aromatic rings. The predicted octanol–water partition coefficient (Wildman–Crippen LogP) is 2.57. The van der Waals surface area contributed by atoms with E-state index in [1.807, 2.05) is 35.2 Å². The standard InChI is InChI=1S/C19H17N3O/c23-18-19(12-16(20-21-19)13-6-2-1-3-7-13)15-10-4-8-14-9-5-11-22(18)17(14)15/h1-4,6-8,10,21H,5,9,11-12H2. The molecule has 2 aromatic carbocycles. The molecule has 0 fully saturated rings. The molecule has 0 saturated heterocycles. The van der Waals surface area contributed by atoms with Crippen molar-refractivity contribution in [1.82, 2.24) is 5.43 Å². The Morgan fingerprint density at radius 3 is 2.83 bits per heavy atom. The summed E-state index contributed by atoms with van der Waals surface area (Å²) >= 11 is 0. The quantitative estimate of drug-likeness (QED) is 0.880. The number of fused-ring (bicyclic) bond motifs is 1. The monoisotopic (exact) mass is 303 g/mol. The van der Waals surface area contributed by atoms with Crippen LogP contribution in [-0.2, 0) is 16.8 Å². The van der Waals surface area contributed by atoms with Gasteiger partial charge in [0.05, 0.1) is 11.4 Å². The minimum Gasteiger partial charge on any atom is -0.309 e. The molecule has 5 rings (SSSR count). The Morgan fingerprint density at radius 2 is 1.96 bits per heavy atom. The fourth-order valence-electron chi connectivity index (χ4n) is 4.11. The molecule has 1 unspecified atom stereocenters. The zero-order valence-corrected chi connectivity index (χ0v) is 12.7. The molecule has 0 saturated carbocycles. The van der Waals surface area contributed by atoms with Gasteiger partial charge in [0.15, 0.2) is 5.54 Å². The Kier molecular flexibility index (Phi) is 2.49. The maximum Gasteiger partial charge on any atom is 0.259 e. The highest BCUT2D eigenvalue weighted by molar-refractivity contribution is 6.14. The Balaban J connectivity index is 1.61. The number of hydrazone groups is 1. The number of amides is 1. The topological polar surface area (TPSA) is 44.7 Å². The van der Waals surface area contributed by atoms with E-state index in [2.05, 4.69) is 28.7 Å². The van der Waals surface area contributed by atoms with Crippen molar-refractivity contribution in [2.75, 3.05) is 11.4 Å². The lowest BCUT2D eigenvalue weighted by Gasteiger charge is -2.26. The van der Waals surface area contributed by atoms with Crippen LogP contribution in [0.3, 0.4) is 0 Å². The molecule has 1 atom stereocenters. The minimum atomic E-state index is -0.707. The predicted molar refractivity (Wildman–Crippen MR) is 89.5 cm³/mol. The van der Waals surface area contributed by atoms with Crippen molar-refractivity contribution in [3.8, 4) is 0 Å². The fraction of sp³-hybridized carbons (Fsp3) is 0.263. The van der Waals surface area contributed by atoms with Gasteiger partial charge in [-0.15, -0.1) is 0 Å². The largest absolute Gasteiger partial charge is 0.309 e. The van der Waals surface area contributed by atoms with Gasteiger partial charge in [-0.3, -0.25) is 10.2 Å². The van der Waals surface area contributed by atoms with Crippen LogP contribution < -0.4 is 10.3 Å². The van der Waals surface area contributed by atoms with Crippen LogP contribution in [0, 0.1) is 0 Å². The molecule has 4 heteroatoms. The van der Waals surface area contributed by atoms with Gasteiger partial charge in [-0.2, -0.15) is 5.10 Å². The molecule has 0 aliphatic carbocycles.